The van der Waals surface area contributed by atoms with Gasteiger partial charge in [0.05, 0.1) is 6.20 Å². The minimum Gasteiger partial charge on any atom is -0.286 e. The summed E-state index contributed by atoms with van der Waals surface area (Å²) in [5.41, 5.74) is 0. The second-order valence-corrected chi connectivity index (χ2v) is 3.41. The first-order valence-corrected chi connectivity index (χ1v) is 4.09. The summed E-state index contributed by atoms with van der Waals surface area (Å²) in [4.78, 5) is 11.1. The predicted molar refractivity (Wildman–Crippen MR) is 42.1 cm³/mol. The fourth-order valence-electron chi connectivity index (χ4n) is 0.461. The highest BCUT2D eigenvalue weighted by molar-refractivity contribution is 8.13. The molecular weight excluding hydrogens is 162 g/mol. The van der Waals surface area contributed by atoms with Gasteiger partial charge in [0, 0.05) is 5.92 Å². The number of rotatable bonds is 2. The molecule has 0 radical (unpaired) electrons. The van der Waals surface area contributed by atoms with Crippen LogP contribution in [0.4, 0.5) is 0 Å². The van der Waals surface area contributed by atoms with Crippen LogP contribution in [0.25, 0.3) is 0 Å². The van der Waals surface area contributed by atoms with Gasteiger partial charge in [-0.2, -0.15) is 10.3 Å². The van der Waals surface area contributed by atoms with E-state index in [2.05, 4.69) is 15.4 Å². The Morgan fingerprint density at radius 1 is 1.73 bits per heavy atom. The first-order valence-electron chi connectivity index (χ1n) is 3.27. The molecule has 0 aliphatic rings. The fraction of sp³-hybridized carbons (Fsp3) is 0.500. The Labute approximate surface area is 68.8 Å². The molecule has 0 fully saturated rings. The van der Waals surface area contributed by atoms with Crippen LogP contribution in [0.15, 0.2) is 11.2 Å². The van der Waals surface area contributed by atoms with Crippen molar-refractivity contribution in [2.75, 3.05) is 0 Å². The van der Waals surface area contributed by atoms with E-state index in [0.29, 0.717) is 5.03 Å². The Balaban J connectivity index is 2.50. The molecule has 0 unspecified atom stereocenters. The standard InChI is InChI=1S/C6H9N3OS/c1-4(2)6(10)11-5-3-7-9-8-5/h3-4H,1-2H3,(H,7,8,9). The number of carbonyl (C=O) groups is 1. The summed E-state index contributed by atoms with van der Waals surface area (Å²) in [6, 6.07) is 0. The molecule has 0 spiro atoms. The Kier molecular flexibility index (Phi) is 2.64. The summed E-state index contributed by atoms with van der Waals surface area (Å²) in [5.74, 6) is 0.0386. The maximum Gasteiger partial charge on any atom is 0.197 e. The number of nitrogens with one attached hydrogen (secondary N) is 1. The van der Waals surface area contributed by atoms with Gasteiger partial charge >= 0.3 is 0 Å². The third-order valence-corrected chi connectivity index (χ3v) is 2.15. The molecule has 0 amide bonds. The van der Waals surface area contributed by atoms with Crippen molar-refractivity contribution in [1.82, 2.24) is 15.4 Å². The average molecular weight is 171 g/mol. The van der Waals surface area contributed by atoms with E-state index >= 15 is 0 Å². The number of aromatic amines is 1. The van der Waals surface area contributed by atoms with Crippen molar-refractivity contribution in [1.29, 1.82) is 0 Å². The van der Waals surface area contributed by atoms with Crippen LogP contribution in [0.2, 0.25) is 0 Å². The summed E-state index contributed by atoms with van der Waals surface area (Å²) in [5, 5.41) is 10.5. The normalized spacial score (nSPS) is 10.5. The van der Waals surface area contributed by atoms with Crippen molar-refractivity contribution >= 4 is 16.9 Å². The zero-order valence-electron chi connectivity index (χ0n) is 6.37. The third kappa shape index (κ3) is 2.34. The zero-order valence-corrected chi connectivity index (χ0v) is 7.18. The topological polar surface area (TPSA) is 58.6 Å². The molecule has 1 heterocycles. The van der Waals surface area contributed by atoms with Gasteiger partial charge in [-0.25, -0.2) is 0 Å². The van der Waals surface area contributed by atoms with Gasteiger partial charge in [-0.3, -0.25) is 4.79 Å². The predicted octanol–water partition coefficient (Wildman–Crippen LogP) is 1.08. The molecule has 0 bridgehead atoms. The smallest absolute Gasteiger partial charge is 0.197 e. The Morgan fingerprint density at radius 3 is 2.91 bits per heavy atom. The quantitative estimate of drug-likeness (QED) is 0.676. The Bertz CT molecular complexity index is 232. The van der Waals surface area contributed by atoms with Crippen LogP contribution in [0.3, 0.4) is 0 Å². The van der Waals surface area contributed by atoms with E-state index in [4.69, 9.17) is 0 Å². The summed E-state index contributed by atoms with van der Waals surface area (Å²) in [6.07, 6.45) is 1.53. The van der Waals surface area contributed by atoms with Gasteiger partial charge in [0.25, 0.3) is 0 Å². The van der Waals surface area contributed by atoms with Gasteiger partial charge in [-0.05, 0) is 11.8 Å². The molecule has 1 aromatic heterocycles. The van der Waals surface area contributed by atoms with Crippen LogP contribution in [0, 0.1) is 5.92 Å². The van der Waals surface area contributed by atoms with Crippen LogP contribution in [0.5, 0.6) is 0 Å². The first-order chi connectivity index (χ1) is 5.20. The molecule has 0 saturated carbocycles. The number of thioether (sulfide) groups is 1. The molecule has 1 N–H and O–H groups in total. The molecule has 1 rings (SSSR count). The van der Waals surface area contributed by atoms with Gasteiger partial charge in [0.2, 0.25) is 0 Å². The molecule has 0 aliphatic carbocycles. The SMILES string of the molecule is CC(C)C(=O)Sc1cn[nH]n1. The van der Waals surface area contributed by atoms with Gasteiger partial charge < -0.3 is 0 Å². The van der Waals surface area contributed by atoms with Gasteiger partial charge in [-0.1, -0.05) is 13.8 Å². The zero-order chi connectivity index (χ0) is 8.27. The number of aromatic nitrogens is 3. The van der Waals surface area contributed by atoms with Crippen LogP contribution < -0.4 is 0 Å². The number of carbonyl (C=O) groups excluding carboxylic acids is 1. The molecule has 5 heteroatoms. The van der Waals surface area contributed by atoms with E-state index < -0.39 is 0 Å². The van der Waals surface area contributed by atoms with Crippen LogP contribution >= 0.6 is 11.8 Å². The van der Waals surface area contributed by atoms with Crippen LogP contribution in [0.1, 0.15) is 13.8 Å². The largest absolute Gasteiger partial charge is 0.286 e. The van der Waals surface area contributed by atoms with E-state index in [1.807, 2.05) is 13.8 Å². The molecule has 0 atom stereocenters. The van der Waals surface area contributed by atoms with Crippen LogP contribution in [-0.4, -0.2) is 20.5 Å². The number of nitrogens with zero attached hydrogens (tertiary/aromatic N) is 2. The lowest BCUT2D eigenvalue weighted by Gasteiger charge is -1.98. The molecule has 60 valence electrons. The van der Waals surface area contributed by atoms with E-state index in [1.54, 1.807) is 0 Å². The van der Waals surface area contributed by atoms with E-state index in [0.717, 1.165) is 11.8 Å². The van der Waals surface area contributed by atoms with Crippen molar-refractivity contribution in [2.24, 2.45) is 5.92 Å². The van der Waals surface area contributed by atoms with Crippen LogP contribution in [-0.2, 0) is 4.79 Å². The van der Waals surface area contributed by atoms with E-state index in [-0.39, 0.29) is 11.0 Å². The number of hydrogen-bond donors (Lipinski definition) is 1. The fourth-order valence-corrected chi connectivity index (χ4v) is 1.09. The number of hydrogen-bond acceptors (Lipinski definition) is 4. The molecule has 0 aromatic carbocycles. The van der Waals surface area contributed by atoms with Crippen molar-refractivity contribution < 1.29 is 4.79 Å². The second-order valence-electron chi connectivity index (χ2n) is 2.38. The first kappa shape index (κ1) is 8.26. The lowest BCUT2D eigenvalue weighted by Crippen LogP contribution is -2.00. The van der Waals surface area contributed by atoms with Crippen molar-refractivity contribution in [3.63, 3.8) is 0 Å². The monoisotopic (exact) mass is 171 g/mol. The highest BCUT2D eigenvalue weighted by Crippen LogP contribution is 2.17. The van der Waals surface area contributed by atoms with Crippen molar-refractivity contribution in [3.05, 3.63) is 6.20 Å². The summed E-state index contributed by atoms with van der Waals surface area (Å²) in [7, 11) is 0. The van der Waals surface area contributed by atoms with E-state index in [9.17, 15) is 4.79 Å². The van der Waals surface area contributed by atoms with Gasteiger partial charge in [0.1, 0.15) is 5.03 Å². The number of H-pyrrole nitrogens is 1. The average Bonchev–Trinajstić information content (AvgIpc) is 2.39. The summed E-state index contributed by atoms with van der Waals surface area (Å²) >= 11 is 1.11. The second kappa shape index (κ2) is 3.52. The highest BCUT2D eigenvalue weighted by atomic mass is 32.2. The lowest BCUT2D eigenvalue weighted by atomic mass is 10.3. The molecule has 11 heavy (non-hydrogen) atoms. The summed E-state index contributed by atoms with van der Waals surface area (Å²) < 4.78 is 0. The maximum absolute atomic E-state index is 11.1. The minimum absolute atomic E-state index is 0.0386. The van der Waals surface area contributed by atoms with Gasteiger partial charge in [-0.15, -0.1) is 5.10 Å². The van der Waals surface area contributed by atoms with E-state index in [1.165, 1.54) is 6.20 Å². The maximum atomic E-state index is 11.1. The Morgan fingerprint density at radius 2 is 2.45 bits per heavy atom. The molecule has 0 saturated heterocycles. The lowest BCUT2D eigenvalue weighted by molar-refractivity contribution is -0.113. The molecular formula is C6H9N3OS. The third-order valence-electron chi connectivity index (χ3n) is 1.07. The highest BCUT2D eigenvalue weighted by Gasteiger charge is 2.10. The van der Waals surface area contributed by atoms with Gasteiger partial charge in [0.15, 0.2) is 5.12 Å². The molecule has 0 aliphatic heterocycles. The van der Waals surface area contributed by atoms with Crippen molar-refractivity contribution in [2.45, 2.75) is 18.9 Å². The molecule has 4 nitrogen and oxygen atoms in total. The minimum atomic E-state index is 0.0386. The summed E-state index contributed by atoms with van der Waals surface area (Å²) in [6.45, 7) is 3.71. The Hall–Kier alpha value is -0.840. The van der Waals surface area contributed by atoms with Crippen molar-refractivity contribution in [3.8, 4) is 0 Å². The molecule has 1 aromatic rings.